The second-order valence-electron chi connectivity index (χ2n) is 4.34. The summed E-state index contributed by atoms with van der Waals surface area (Å²) in [5.74, 6) is 7.97. The molecule has 0 aliphatic rings. The lowest BCUT2D eigenvalue weighted by atomic mass is 10.2. The molecule has 7 nitrogen and oxygen atoms in total. The number of nitrogen functional groups attached to an aromatic ring is 1. The molecule has 0 atom stereocenters. The summed E-state index contributed by atoms with van der Waals surface area (Å²) in [6, 6.07) is 9.45. The number of para-hydroxylation sites is 2. The van der Waals surface area contributed by atoms with Crippen molar-refractivity contribution >= 4 is 17.3 Å². The number of hydrazine groups is 1. The Hall–Kier alpha value is -2.38. The van der Waals surface area contributed by atoms with Crippen molar-refractivity contribution in [3.05, 3.63) is 36.2 Å². The quantitative estimate of drug-likeness (QED) is 0.618. The van der Waals surface area contributed by atoms with E-state index in [-0.39, 0.29) is 0 Å². The van der Waals surface area contributed by atoms with Crippen LogP contribution in [0.1, 0.15) is 5.82 Å². The molecule has 2 rings (SSSR count). The minimum absolute atomic E-state index is 0.308. The van der Waals surface area contributed by atoms with Crippen LogP contribution in [0.3, 0.4) is 0 Å². The lowest BCUT2D eigenvalue weighted by Crippen LogP contribution is -2.17. The summed E-state index contributed by atoms with van der Waals surface area (Å²) >= 11 is 0. The Morgan fingerprint density at radius 1 is 1.24 bits per heavy atom. The van der Waals surface area contributed by atoms with Crippen LogP contribution in [0, 0.1) is 0 Å². The van der Waals surface area contributed by atoms with E-state index in [1.807, 2.05) is 36.2 Å². The predicted octanol–water partition coefficient (Wildman–Crippen LogP) is 1.69. The minimum Gasteiger partial charge on any atom is -0.495 e. The van der Waals surface area contributed by atoms with Gasteiger partial charge in [0.2, 0.25) is 0 Å². The summed E-state index contributed by atoms with van der Waals surface area (Å²) in [5.41, 5.74) is 3.43. The normalized spacial score (nSPS) is 10.3. The number of hydrogen-bond acceptors (Lipinski definition) is 7. The molecule has 7 heteroatoms. The molecule has 0 bridgehead atoms. The largest absolute Gasteiger partial charge is 0.495 e. The van der Waals surface area contributed by atoms with E-state index in [2.05, 4.69) is 15.4 Å². The minimum atomic E-state index is 0.308. The van der Waals surface area contributed by atoms with Gasteiger partial charge in [-0.3, -0.25) is 0 Å². The van der Waals surface area contributed by atoms with Crippen LogP contribution in [0.15, 0.2) is 30.3 Å². The molecule has 0 unspecified atom stereocenters. The van der Waals surface area contributed by atoms with E-state index in [0.29, 0.717) is 24.1 Å². The Bertz CT molecular complexity index is 606. The van der Waals surface area contributed by atoms with Crippen LogP contribution < -0.4 is 20.9 Å². The average molecular weight is 289 g/mol. The maximum atomic E-state index is 5.45. The molecule has 3 N–H and O–H groups in total. The number of nitrogens with one attached hydrogen (secondary N) is 1. The Morgan fingerprint density at radius 3 is 2.67 bits per heavy atom. The highest BCUT2D eigenvalue weighted by molar-refractivity contribution is 5.67. The number of anilines is 3. The van der Waals surface area contributed by atoms with Crippen LogP contribution >= 0.6 is 0 Å². The van der Waals surface area contributed by atoms with Crippen molar-refractivity contribution in [2.75, 3.05) is 31.6 Å². The average Bonchev–Trinajstić information content (AvgIpc) is 2.54. The standard InChI is InChI=1S/C14H19N5O2/c1-19(10-6-4-5-7-11(10)21-3)14-8-12(18-15)16-13(17-14)9-20-2/h4-8H,9,15H2,1-3H3,(H,16,17,18). The number of methoxy groups -OCH3 is 2. The zero-order valence-corrected chi connectivity index (χ0v) is 12.3. The summed E-state index contributed by atoms with van der Waals surface area (Å²) in [6.07, 6.45) is 0. The highest BCUT2D eigenvalue weighted by Crippen LogP contribution is 2.31. The van der Waals surface area contributed by atoms with Crippen molar-refractivity contribution in [2.45, 2.75) is 6.61 Å². The molecule has 2 aromatic rings. The van der Waals surface area contributed by atoms with Crippen LogP contribution in [-0.4, -0.2) is 31.2 Å². The second kappa shape index (κ2) is 6.87. The highest BCUT2D eigenvalue weighted by Gasteiger charge is 2.13. The van der Waals surface area contributed by atoms with Crippen molar-refractivity contribution in [1.29, 1.82) is 0 Å². The van der Waals surface area contributed by atoms with Gasteiger partial charge in [-0.05, 0) is 12.1 Å². The Labute approximate surface area is 123 Å². The number of nitrogens with zero attached hydrogens (tertiary/aromatic N) is 3. The molecule has 1 aromatic carbocycles. The van der Waals surface area contributed by atoms with Gasteiger partial charge >= 0.3 is 0 Å². The number of nitrogens with two attached hydrogens (primary N) is 1. The van der Waals surface area contributed by atoms with Crippen molar-refractivity contribution in [2.24, 2.45) is 5.84 Å². The van der Waals surface area contributed by atoms with Gasteiger partial charge in [-0.2, -0.15) is 0 Å². The van der Waals surface area contributed by atoms with Gasteiger partial charge < -0.3 is 19.8 Å². The van der Waals surface area contributed by atoms with Gasteiger partial charge in [-0.1, -0.05) is 12.1 Å². The summed E-state index contributed by atoms with van der Waals surface area (Å²) in [6.45, 7) is 0.308. The fourth-order valence-electron chi connectivity index (χ4n) is 1.95. The first kappa shape index (κ1) is 15.0. The lowest BCUT2D eigenvalue weighted by Gasteiger charge is -2.21. The van der Waals surface area contributed by atoms with Crippen LogP contribution in [0.5, 0.6) is 5.75 Å². The molecule has 0 saturated heterocycles. The first-order chi connectivity index (χ1) is 10.2. The van der Waals surface area contributed by atoms with Gasteiger partial charge in [0.25, 0.3) is 0 Å². The number of aromatic nitrogens is 2. The fourth-order valence-corrected chi connectivity index (χ4v) is 1.95. The first-order valence-corrected chi connectivity index (χ1v) is 6.40. The molecule has 0 radical (unpaired) electrons. The Morgan fingerprint density at radius 2 is 2.00 bits per heavy atom. The summed E-state index contributed by atoms with van der Waals surface area (Å²) in [4.78, 5) is 10.6. The molecule has 21 heavy (non-hydrogen) atoms. The fraction of sp³-hybridized carbons (Fsp3) is 0.286. The Balaban J connectivity index is 2.42. The molecule has 0 saturated carbocycles. The van der Waals surface area contributed by atoms with E-state index < -0.39 is 0 Å². The second-order valence-corrected chi connectivity index (χ2v) is 4.34. The van der Waals surface area contributed by atoms with E-state index in [9.17, 15) is 0 Å². The van der Waals surface area contributed by atoms with Gasteiger partial charge in [0, 0.05) is 20.2 Å². The number of hydrogen-bond donors (Lipinski definition) is 2. The predicted molar refractivity (Wildman–Crippen MR) is 81.6 cm³/mol. The van der Waals surface area contributed by atoms with E-state index in [4.69, 9.17) is 15.3 Å². The molecule has 0 aliphatic heterocycles. The SMILES string of the molecule is COCc1nc(NN)cc(N(C)c2ccccc2OC)n1. The van der Waals surface area contributed by atoms with Gasteiger partial charge in [-0.25, -0.2) is 15.8 Å². The van der Waals surface area contributed by atoms with Crippen LogP contribution in [0.25, 0.3) is 0 Å². The topological polar surface area (TPSA) is 85.5 Å². The molecule has 1 aromatic heterocycles. The van der Waals surface area contributed by atoms with Gasteiger partial charge in [0.15, 0.2) is 5.82 Å². The molecular formula is C14H19N5O2. The van der Waals surface area contributed by atoms with Crippen molar-refractivity contribution in [3.63, 3.8) is 0 Å². The van der Waals surface area contributed by atoms with Gasteiger partial charge in [0.1, 0.15) is 24.0 Å². The molecule has 0 amide bonds. The van der Waals surface area contributed by atoms with Gasteiger partial charge in [0.05, 0.1) is 12.8 Å². The van der Waals surface area contributed by atoms with E-state index >= 15 is 0 Å². The van der Waals surface area contributed by atoms with Crippen molar-refractivity contribution in [1.82, 2.24) is 9.97 Å². The Kier molecular flexibility index (Phi) is 4.91. The van der Waals surface area contributed by atoms with Crippen LogP contribution in [-0.2, 0) is 11.3 Å². The third-order valence-corrected chi connectivity index (χ3v) is 2.97. The number of rotatable bonds is 6. The molecule has 1 heterocycles. The van der Waals surface area contributed by atoms with Crippen LogP contribution in [0.2, 0.25) is 0 Å². The van der Waals surface area contributed by atoms with Gasteiger partial charge in [-0.15, -0.1) is 0 Å². The monoisotopic (exact) mass is 289 g/mol. The van der Waals surface area contributed by atoms with Crippen molar-refractivity contribution < 1.29 is 9.47 Å². The molecule has 112 valence electrons. The smallest absolute Gasteiger partial charge is 0.158 e. The van der Waals surface area contributed by atoms with Crippen molar-refractivity contribution in [3.8, 4) is 5.75 Å². The first-order valence-electron chi connectivity index (χ1n) is 6.40. The molecule has 0 spiro atoms. The summed E-state index contributed by atoms with van der Waals surface area (Å²) < 4.78 is 10.4. The number of benzene rings is 1. The van der Waals surface area contributed by atoms with E-state index in [1.165, 1.54) is 0 Å². The van der Waals surface area contributed by atoms with E-state index in [1.54, 1.807) is 20.3 Å². The third kappa shape index (κ3) is 3.39. The van der Waals surface area contributed by atoms with Crippen LogP contribution in [0.4, 0.5) is 17.3 Å². The molecular weight excluding hydrogens is 270 g/mol. The third-order valence-electron chi connectivity index (χ3n) is 2.97. The lowest BCUT2D eigenvalue weighted by molar-refractivity contribution is 0.178. The zero-order chi connectivity index (χ0) is 15.2. The molecule has 0 fully saturated rings. The maximum Gasteiger partial charge on any atom is 0.158 e. The highest BCUT2D eigenvalue weighted by atomic mass is 16.5. The number of ether oxygens (including phenoxy) is 2. The summed E-state index contributed by atoms with van der Waals surface area (Å²) in [7, 11) is 5.13. The van der Waals surface area contributed by atoms with E-state index in [0.717, 1.165) is 11.4 Å². The summed E-state index contributed by atoms with van der Waals surface area (Å²) in [5, 5.41) is 0. The maximum absolute atomic E-state index is 5.45. The molecule has 0 aliphatic carbocycles. The zero-order valence-electron chi connectivity index (χ0n) is 12.3.